The number of imide groups is 1. The van der Waals surface area contributed by atoms with Crippen LogP contribution in [0.4, 0.5) is 5.69 Å². The van der Waals surface area contributed by atoms with E-state index in [1.807, 2.05) is 6.26 Å². The van der Waals surface area contributed by atoms with Crippen LogP contribution in [0.2, 0.25) is 0 Å². The second-order valence-electron chi connectivity index (χ2n) is 7.62. The van der Waals surface area contributed by atoms with Crippen molar-refractivity contribution in [2.24, 2.45) is 10.7 Å². The molecule has 35 heavy (non-hydrogen) atoms. The van der Waals surface area contributed by atoms with Crippen molar-refractivity contribution in [1.29, 1.82) is 0 Å². The van der Waals surface area contributed by atoms with Gasteiger partial charge in [-0.2, -0.15) is 11.8 Å². The number of aliphatic carboxylic acids is 2. The average molecular weight is 525 g/mol. The zero-order valence-electron chi connectivity index (χ0n) is 19.1. The first-order chi connectivity index (χ1) is 16.6. The SMILES string of the molecule is CSCC[C@H](N=C(N)CCCS[C@H]1CC(=O)N(c2cccc(C(=O)NCC(=O)O)c2)C1=O)C(=O)O. The number of nitrogens with two attached hydrogens (primary N) is 1. The van der Waals surface area contributed by atoms with Crippen LogP contribution in [0, 0.1) is 0 Å². The lowest BCUT2D eigenvalue weighted by atomic mass is 10.1. The van der Waals surface area contributed by atoms with Crippen LogP contribution in [0.1, 0.15) is 36.0 Å². The first-order valence-corrected chi connectivity index (χ1v) is 13.2. The molecular formula is C22H28N4O7S2. The lowest BCUT2D eigenvalue weighted by Gasteiger charge is -2.16. The second-order valence-corrected chi connectivity index (χ2v) is 9.91. The van der Waals surface area contributed by atoms with Crippen molar-refractivity contribution in [3.63, 3.8) is 0 Å². The molecule has 1 aromatic rings. The highest BCUT2D eigenvalue weighted by atomic mass is 32.2. The van der Waals surface area contributed by atoms with E-state index in [-0.39, 0.29) is 23.5 Å². The molecule has 1 aliphatic heterocycles. The van der Waals surface area contributed by atoms with Gasteiger partial charge in [-0.1, -0.05) is 6.07 Å². The maximum atomic E-state index is 12.9. The topological polar surface area (TPSA) is 179 Å². The summed E-state index contributed by atoms with van der Waals surface area (Å²) in [4.78, 5) is 64.5. The Morgan fingerprint density at radius 2 is 2.00 bits per heavy atom. The van der Waals surface area contributed by atoms with Crippen molar-refractivity contribution >= 4 is 64.7 Å². The minimum atomic E-state index is -1.19. The van der Waals surface area contributed by atoms with Gasteiger partial charge in [0.25, 0.3) is 5.91 Å². The van der Waals surface area contributed by atoms with Gasteiger partial charge in [-0.15, -0.1) is 11.8 Å². The van der Waals surface area contributed by atoms with E-state index in [1.54, 1.807) is 0 Å². The Kier molecular flexibility index (Phi) is 11.1. The molecule has 190 valence electrons. The second kappa shape index (κ2) is 13.7. The lowest BCUT2D eigenvalue weighted by Crippen LogP contribution is -2.32. The van der Waals surface area contributed by atoms with E-state index in [4.69, 9.17) is 10.8 Å². The summed E-state index contributed by atoms with van der Waals surface area (Å²) in [5, 5.41) is 19.6. The number of carboxylic acids is 2. The Morgan fingerprint density at radius 1 is 1.26 bits per heavy atom. The van der Waals surface area contributed by atoms with Gasteiger partial charge in [0.2, 0.25) is 11.8 Å². The van der Waals surface area contributed by atoms with Crippen LogP contribution in [-0.4, -0.2) is 81.3 Å². The molecule has 5 N–H and O–H groups in total. The van der Waals surface area contributed by atoms with Gasteiger partial charge >= 0.3 is 11.9 Å². The number of nitrogens with one attached hydrogen (secondary N) is 1. The van der Waals surface area contributed by atoms with Gasteiger partial charge in [0, 0.05) is 18.4 Å². The smallest absolute Gasteiger partial charge is 0.328 e. The van der Waals surface area contributed by atoms with Gasteiger partial charge in [-0.25, -0.2) is 9.69 Å². The average Bonchev–Trinajstić information content (AvgIpc) is 3.10. The molecule has 0 radical (unpaired) electrons. The Morgan fingerprint density at radius 3 is 2.66 bits per heavy atom. The predicted octanol–water partition coefficient (Wildman–Crippen LogP) is 1.21. The summed E-state index contributed by atoms with van der Waals surface area (Å²) in [6.45, 7) is -0.548. The van der Waals surface area contributed by atoms with Crippen molar-refractivity contribution in [1.82, 2.24) is 5.32 Å². The molecule has 11 nitrogen and oxygen atoms in total. The van der Waals surface area contributed by atoms with Crippen LogP contribution in [-0.2, 0) is 19.2 Å². The number of anilines is 1. The molecule has 1 aromatic carbocycles. The number of amidine groups is 1. The van der Waals surface area contributed by atoms with E-state index >= 15 is 0 Å². The number of hydrogen-bond acceptors (Lipinski definition) is 8. The van der Waals surface area contributed by atoms with E-state index in [2.05, 4.69) is 10.3 Å². The van der Waals surface area contributed by atoms with Crippen molar-refractivity contribution in [3.05, 3.63) is 29.8 Å². The summed E-state index contributed by atoms with van der Waals surface area (Å²) in [6.07, 6.45) is 3.23. The molecule has 1 fully saturated rings. The minimum absolute atomic E-state index is 0.0122. The Balaban J connectivity index is 1.91. The number of carbonyl (C=O) groups excluding carboxylic acids is 3. The normalized spacial score (nSPS) is 16.9. The van der Waals surface area contributed by atoms with Crippen LogP contribution >= 0.6 is 23.5 Å². The van der Waals surface area contributed by atoms with Gasteiger partial charge in [0.05, 0.1) is 16.8 Å². The van der Waals surface area contributed by atoms with E-state index in [0.717, 1.165) is 4.90 Å². The quantitative estimate of drug-likeness (QED) is 0.120. The highest BCUT2D eigenvalue weighted by molar-refractivity contribution is 8.00. The molecule has 0 unspecified atom stereocenters. The standard InChI is InChI=1S/C22H28N4O7S2/c1-34-9-7-15(22(32)33)25-17(23)6-3-8-35-16-11-18(27)26(21(16)31)14-5-2-4-13(10-14)20(30)24-12-19(28)29/h2,4-5,10,15-16H,3,6-9,11-12H2,1H3,(H2,23,25)(H,24,30)(H,28,29)(H,32,33)/t15-,16-/m0/s1. The van der Waals surface area contributed by atoms with Crippen molar-refractivity contribution in [3.8, 4) is 0 Å². The van der Waals surface area contributed by atoms with Gasteiger partial charge in [0.15, 0.2) is 0 Å². The van der Waals surface area contributed by atoms with Gasteiger partial charge < -0.3 is 21.3 Å². The molecule has 2 atom stereocenters. The van der Waals surface area contributed by atoms with E-state index in [0.29, 0.717) is 30.8 Å². The fourth-order valence-electron chi connectivity index (χ4n) is 3.27. The molecule has 1 saturated heterocycles. The molecule has 0 bridgehead atoms. The fourth-order valence-corrected chi connectivity index (χ4v) is 4.83. The van der Waals surface area contributed by atoms with Crippen LogP contribution in [0.25, 0.3) is 0 Å². The third-order valence-corrected chi connectivity index (χ3v) is 6.91. The number of hydrogen-bond donors (Lipinski definition) is 4. The fraction of sp³-hybridized carbons (Fsp3) is 0.455. The highest BCUT2D eigenvalue weighted by Crippen LogP contribution is 2.30. The van der Waals surface area contributed by atoms with Crippen LogP contribution in [0.3, 0.4) is 0 Å². The summed E-state index contributed by atoms with van der Waals surface area (Å²) in [6, 6.07) is 4.99. The zero-order chi connectivity index (χ0) is 26.0. The maximum absolute atomic E-state index is 12.9. The largest absolute Gasteiger partial charge is 0.480 e. The number of amides is 3. The predicted molar refractivity (Wildman–Crippen MR) is 135 cm³/mol. The minimum Gasteiger partial charge on any atom is -0.480 e. The molecule has 0 saturated carbocycles. The van der Waals surface area contributed by atoms with Crippen LogP contribution < -0.4 is 16.0 Å². The summed E-state index contributed by atoms with van der Waals surface area (Å²) >= 11 is 2.84. The van der Waals surface area contributed by atoms with E-state index in [9.17, 15) is 29.1 Å². The molecular weight excluding hydrogens is 496 g/mol. The van der Waals surface area contributed by atoms with Gasteiger partial charge in [-0.05, 0) is 48.8 Å². The van der Waals surface area contributed by atoms with Gasteiger partial charge in [0.1, 0.15) is 12.6 Å². The third-order valence-electron chi connectivity index (χ3n) is 4.97. The van der Waals surface area contributed by atoms with Crippen molar-refractivity contribution in [2.45, 2.75) is 37.0 Å². The van der Waals surface area contributed by atoms with Crippen molar-refractivity contribution in [2.75, 3.05) is 29.2 Å². The summed E-state index contributed by atoms with van der Waals surface area (Å²) in [7, 11) is 0. The first kappa shape index (κ1) is 28.2. The Hall–Kier alpha value is -3.06. The molecule has 1 aliphatic rings. The number of rotatable bonds is 14. The van der Waals surface area contributed by atoms with E-state index in [1.165, 1.54) is 47.8 Å². The first-order valence-electron chi connectivity index (χ1n) is 10.8. The summed E-state index contributed by atoms with van der Waals surface area (Å²) in [5.74, 6) is -2.20. The highest BCUT2D eigenvalue weighted by Gasteiger charge is 2.39. The maximum Gasteiger partial charge on any atom is 0.328 e. The monoisotopic (exact) mass is 524 g/mol. The summed E-state index contributed by atoms with van der Waals surface area (Å²) < 4.78 is 0. The molecule has 3 amide bonds. The molecule has 0 aromatic heterocycles. The lowest BCUT2D eigenvalue weighted by molar-refractivity contribution is -0.138. The van der Waals surface area contributed by atoms with Crippen molar-refractivity contribution < 1.29 is 34.2 Å². The Bertz CT molecular complexity index is 1000. The molecule has 1 heterocycles. The van der Waals surface area contributed by atoms with Crippen LogP contribution in [0.15, 0.2) is 29.3 Å². The Labute approximate surface area is 210 Å². The number of aliphatic imine (C=N–C) groups is 1. The number of thioether (sulfide) groups is 2. The molecule has 0 spiro atoms. The number of carbonyl (C=O) groups is 5. The zero-order valence-corrected chi connectivity index (χ0v) is 20.8. The molecule has 0 aliphatic carbocycles. The number of nitrogens with zero attached hydrogens (tertiary/aromatic N) is 2. The third kappa shape index (κ3) is 8.58. The van der Waals surface area contributed by atoms with Crippen LogP contribution in [0.5, 0.6) is 0 Å². The molecule has 13 heteroatoms. The molecule has 2 rings (SSSR count). The van der Waals surface area contributed by atoms with E-state index < -0.39 is 47.5 Å². The van der Waals surface area contributed by atoms with Gasteiger partial charge in [-0.3, -0.25) is 24.2 Å². The number of benzene rings is 1. The number of carboxylic acid groups (broad SMARTS) is 2. The summed E-state index contributed by atoms with van der Waals surface area (Å²) in [5.41, 5.74) is 6.25.